The van der Waals surface area contributed by atoms with E-state index in [2.05, 4.69) is 0 Å². The molecular weight excluding hydrogens is 420 g/mol. The number of fused-ring (bicyclic) bond motifs is 3. The molecule has 2 aromatic rings. The fourth-order valence-corrected chi connectivity index (χ4v) is 4.73. The van der Waals surface area contributed by atoms with Gasteiger partial charge < -0.3 is 34.6 Å². The summed E-state index contributed by atoms with van der Waals surface area (Å²) in [6.45, 7) is 4.71. The van der Waals surface area contributed by atoms with Crippen molar-refractivity contribution in [2.75, 3.05) is 0 Å². The molecule has 3 aliphatic rings. The van der Waals surface area contributed by atoms with Crippen molar-refractivity contribution in [2.24, 2.45) is 0 Å². The first kappa shape index (κ1) is 21.0. The molecule has 1 aliphatic carbocycles. The molecule has 0 amide bonds. The second-order valence-electron chi connectivity index (χ2n) is 8.94. The van der Waals surface area contributed by atoms with E-state index in [0.717, 1.165) is 6.07 Å². The van der Waals surface area contributed by atoms with E-state index in [-0.39, 0.29) is 22.3 Å². The minimum Gasteiger partial charge on any atom is -0.507 e. The number of ketones is 2. The third kappa shape index (κ3) is 2.76. The molecule has 9 nitrogen and oxygen atoms in total. The van der Waals surface area contributed by atoms with E-state index in [1.54, 1.807) is 26.0 Å². The third-order valence-electron chi connectivity index (χ3n) is 6.28. The van der Waals surface area contributed by atoms with Gasteiger partial charge in [-0.25, -0.2) is 0 Å². The molecule has 32 heavy (non-hydrogen) atoms. The van der Waals surface area contributed by atoms with Crippen LogP contribution in [0.5, 0.6) is 11.5 Å². The highest BCUT2D eigenvalue weighted by Crippen LogP contribution is 2.49. The summed E-state index contributed by atoms with van der Waals surface area (Å²) in [6.07, 6.45) is -4.88. The van der Waals surface area contributed by atoms with Gasteiger partial charge in [0, 0.05) is 16.7 Å². The quantitative estimate of drug-likeness (QED) is 0.435. The first-order valence-corrected chi connectivity index (χ1v) is 10.1. The molecule has 5 rings (SSSR count). The van der Waals surface area contributed by atoms with E-state index in [1.165, 1.54) is 19.1 Å². The molecule has 9 heteroatoms. The Kier molecular flexibility index (Phi) is 4.34. The molecule has 0 radical (unpaired) electrons. The minimum atomic E-state index is -1.73. The highest BCUT2D eigenvalue weighted by molar-refractivity contribution is 6.30. The topological polar surface area (TPSA) is 143 Å². The van der Waals surface area contributed by atoms with Gasteiger partial charge in [0.05, 0.1) is 11.1 Å². The van der Waals surface area contributed by atoms with Gasteiger partial charge in [0.15, 0.2) is 23.6 Å². The van der Waals surface area contributed by atoms with Crippen LogP contribution >= 0.6 is 0 Å². The maximum Gasteiger partial charge on any atom is 0.198 e. The number of aliphatic hydroxyl groups excluding tert-OH is 1. The van der Waals surface area contributed by atoms with E-state index in [9.17, 15) is 30.0 Å². The molecule has 0 saturated carbocycles. The molecule has 2 saturated heterocycles. The predicted octanol–water partition coefficient (Wildman–Crippen LogP) is 1.53. The number of aliphatic hydroxyl groups is 2. The second-order valence-corrected chi connectivity index (χ2v) is 8.94. The van der Waals surface area contributed by atoms with Crippen molar-refractivity contribution in [3.8, 4) is 11.5 Å². The molecule has 2 heterocycles. The molecule has 0 unspecified atom stereocenters. The number of carbonyl (C=O) groups excluding carboxylic acids is 2. The van der Waals surface area contributed by atoms with Gasteiger partial charge in [-0.15, -0.1) is 0 Å². The molecule has 2 aromatic carbocycles. The molecule has 0 bridgehead atoms. The molecule has 4 N–H and O–H groups in total. The van der Waals surface area contributed by atoms with Gasteiger partial charge in [-0.1, -0.05) is 24.3 Å². The van der Waals surface area contributed by atoms with Gasteiger partial charge in [0.2, 0.25) is 0 Å². The Labute approximate surface area is 182 Å². The number of hydrogen-bond donors (Lipinski definition) is 4. The standard InChI is InChI=1S/C23H22O9/c1-22(2)31-20-21(32-22)30-19(23(20,3)29)18(28)11-8-12(24)13-14(17(11)27)16(26)10-7-5-4-6-9(10)15(13)25/h4-8,18-21,24,27-29H,1-3H3/t18-,19-,20-,21-,23-/m1/s1. The molecule has 2 aliphatic heterocycles. The number of rotatable bonds is 2. The molecular formula is C23H22O9. The first-order chi connectivity index (χ1) is 14.9. The van der Waals surface area contributed by atoms with Crippen molar-refractivity contribution < 1.29 is 44.2 Å². The van der Waals surface area contributed by atoms with Crippen LogP contribution in [-0.4, -0.2) is 61.9 Å². The van der Waals surface area contributed by atoms with E-state index < -0.39 is 64.6 Å². The van der Waals surface area contributed by atoms with Crippen LogP contribution < -0.4 is 0 Å². The molecule has 0 aromatic heterocycles. The van der Waals surface area contributed by atoms with Crippen molar-refractivity contribution in [3.63, 3.8) is 0 Å². The number of hydrogen-bond acceptors (Lipinski definition) is 9. The van der Waals surface area contributed by atoms with Gasteiger partial charge >= 0.3 is 0 Å². The van der Waals surface area contributed by atoms with Crippen LogP contribution in [-0.2, 0) is 14.2 Å². The van der Waals surface area contributed by atoms with Crippen LogP contribution in [0.1, 0.15) is 64.3 Å². The summed E-state index contributed by atoms with van der Waals surface area (Å²) >= 11 is 0. The molecule has 168 valence electrons. The first-order valence-electron chi connectivity index (χ1n) is 10.1. The fourth-order valence-electron chi connectivity index (χ4n) is 4.73. The summed E-state index contributed by atoms with van der Waals surface area (Å²) in [5.41, 5.74) is -2.57. The SMILES string of the molecule is CC1(C)O[C@H]2O[C@H]([C@H](O)c3cc(O)c4c(c3O)C(=O)c3ccccc3C4=O)[C@@](C)(O)[C@@H]2O1. The Hall–Kier alpha value is -2.82. The Morgan fingerprint density at radius 3 is 2.16 bits per heavy atom. The molecule has 5 atom stereocenters. The zero-order chi connectivity index (χ0) is 23.2. The average molecular weight is 442 g/mol. The average Bonchev–Trinajstić information content (AvgIpc) is 3.17. The van der Waals surface area contributed by atoms with Gasteiger partial charge in [-0.2, -0.15) is 0 Å². The highest BCUT2D eigenvalue weighted by Gasteiger charge is 2.63. The normalized spacial score (nSPS) is 31.2. The summed E-state index contributed by atoms with van der Waals surface area (Å²) in [4.78, 5) is 25.9. The number of ether oxygens (including phenoxy) is 3. The van der Waals surface area contributed by atoms with Crippen LogP contribution in [0.2, 0.25) is 0 Å². The third-order valence-corrected chi connectivity index (χ3v) is 6.28. The second kappa shape index (κ2) is 6.60. The number of phenols is 2. The lowest BCUT2D eigenvalue weighted by Crippen LogP contribution is -2.48. The lowest BCUT2D eigenvalue weighted by atomic mass is 9.80. The molecule has 0 spiro atoms. The van der Waals surface area contributed by atoms with Crippen molar-refractivity contribution >= 4 is 11.6 Å². The van der Waals surface area contributed by atoms with Crippen LogP contribution in [0.25, 0.3) is 0 Å². The summed E-state index contributed by atoms with van der Waals surface area (Å²) in [5.74, 6) is -3.53. The number of phenolic OH excluding ortho intramolecular Hbond substituents is 2. The van der Waals surface area contributed by atoms with Crippen molar-refractivity contribution in [2.45, 2.75) is 56.8 Å². The maximum absolute atomic E-state index is 13.1. The van der Waals surface area contributed by atoms with Crippen LogP contribution in [0.4, 0.5) is 0 Å². The van der Waals surface area contributed by atoms with Crippen molar-refractivity contribution in [1.82, 2.24) is 0 Å². The summed E-state index contributed by atoms with van der Waals surface area (Å²) < 4.78 is 17.0. The number of carbonyl (C=O) groups is 2. The Balaban J connectivity index is 1.57. The van der Waals surface area contributed by atoms with Gasteiger partial charge in [-0.3, -0.25) is 9.59 Å². The van der Waals surface area contributed by atoms with Crippen LogP contribution in [0.15, 0.2) is 30.3 Å². The van der Waals surface area contributed by atoms with Crippen molar-refractivity contribution in [1.29, 1.82) is 0 Å². The summed E-state index contributed by atoms with van der Waals surface area (Å²) in [5, 5.41) is 43.6. The Bertz CT molecular complexity index is 1170. The monoisotopic (exact) mass is 442 g/mol. The van der Waals surface area contributed by atoms with Gasteiger partial charge in [0.25, 0.3) is 0 Å². The van der Waals surface area contributed by atoms with E-state index >= 15 is 0 Å². The summed E-state index contributed by atoms with van der Waals surface area (Å²) in [7, 11) is 0. The zero-order valence-corrected chi connectivity index (χ0v) is 17.5. The Morgan fingerprint density at radius 1 is 0.969 bits per heavy atom. The van der Waals surface area contributed by atoms with Crippen LogP contribution in [0, 0.1) is 0 Å². The maximum atomic E-state index is 13.1. The van der Waals surface area contributed by atoms with E-state index in [1.807, 2.05) is 0 Å². The molecule has 2 fully saturated rings. The zero-order valence-electron chi connectivity index (χ0n) is 17.5. The van der Waals surface area contributed by atoms with E-state index in [0.29, 0.717) is 0 Å². The summed E-state index contributed by atoms with van der Waals surface area (Å²) in [6, 6.07) is 7.07. The largest absolute Gasteiger partial charge is 0.507 e. The van der Waals surface area contributed by atoms with Crippen LogP contribution in [0.3, 0.4) is 0 Å². The lowest BCUT2D eigenvalue weighted by Gasteiger charge is -2.33. The van der Waals surface area contributed by atoms with Gasteiger partial charge in [-0.05, 0) is 26.8 Å². The van der Waals surface area contributed by atoms with E-state index in [4.69, 9.17) is 14.2 Å². The lowest BCUT2D eigenvalue weighted by molar-refractivity contribution is -0.240. The highest BCUT2D eigenvalue weighted by atomic mass is 16.8. The van der Waals surface area contributed by atoms with Gasteiger partial charge in [0.1, 0.15) is 35.4 Å². The number of benzene rings is 2. The number of aromatic hydroxyl groups is 2. The predicted molar refractivity (Wildman–Crippen MR) is 107 cm³/mol. The minimum absolute atomic E-state index is 0.0778. The smallest absolute Gasteiger partial charge is 0.198 e. The fraction of sp³-hybridized carbons (Fsp3) is 0.391. The van der Waals surface area contributed by atoms with Crippen molar-refractivity contribution in [3.05, 3.63) is 58.1 Å². The Morgan fingerprint density at radius 2 is 1.56 bits per heavy atom.